The van der Waals surface area contributed by atoms with Crippen LogP contribution in [0.2, 0.25) is 5.02 Å². The molecule has 122 valence electrons. The summed E-state index contributed by atoms with van der Waals surface area (Å²) in [6.45, 7) is 1.06. The molecule has 0 aliphatic heterocycles. The molecule has 2 aromatic heterocycles. The Kier molecular flexibility index (Phi) is 5.23. The minimum Gasteiger partial charge on any atom is -0.352 e. The highest BCUT2D eigenvalue weighted by molar-refractivity contribution is 6.31. The molecule has 3 rings (SSSR count). The van der Waals surface area contributed by atoms with Crippen molar-refractivity contribution >= 4 is 17.5 Å². The molecule has 1 amide bonds. The van der Waals surface area contributed by atoms with Gasteiger partial charge in [-0.2, -0.15) is 5.10 Å². The summed E-state index contributed by atoms with van der Waals surface area (Å²) in [4.78, 5) is 16.4. The quantitative estimate of drug-likeness (QED) is 0.750. The topological polar surface area (TPSA) is 59.8 Å². The molecule has 0 spiro atoms. The van der Waals surface area contributed by atoms with Gasteiger partial charge >= 0.3 is 0 Å². The fourth-order valence-corrected chi connectivity index (χ4v) is 2.52. The number of carbonyl (C=O) groups excluding carboxylic acids is 1. The lowest BCUT2D eigenvalue weighted by atomic mass is 10.2. The summed E-state index contributed by atoms with van der Waals surface area (Å²) >= 11 is 6.14. The molecule has 0 unspecified atom stereocenters. The highest BCUT2D eigenvalue weighted by atomic mass is 35.5. The van der Waals surface area contributed by atoms with Gasteiger partial charge in [-0.25, -0.2) is 0 Å². The molecule has 0 radical (unpaired) electrons. The molecule has 0 aliphatic rings. The summed E-state index contributed by atoms with van der Waals surface area (Å²) in [7, 11) is 0. The molecule has 24 heavy (non-hydrogen) atoms. The second-order valence-electron chi connectivity index (χ2n) is 5.34. The Bertz CT molecular complexity index is 817. The lowest BCUT2D eigenvalue weighted by Gasteiger charge is -2.04. The van der Waals surface area contributed by atoms with Crippen LogP contribution in [-0.2, 0) is 13.0 Å². The van der Waals surface area contributed by atoms with E-state index < -0.39 is 0 Å². The first kappa shape index (κ1) is 16.2. The van der Waals surface area contributed by atoms with Crippen molar-refractivity contribution in [3.8, 4) is 0 Å². The summed E-state index contributed by atoms with van der Waals surface area (Å²) < 4.78 is 1.70. The molecule has 0 aliphatic carbocycles. The largest absolute Gasteiger partial charge is 0.352 e. The summed E-state index contributed by atoms with van der Waals surface area (Å²) in [5.41, 5.74) is 2.44. The standard InChI is InChI=1S/C18H17ClN4O/c19-17-7-2-1-5-14(17)12-23-13-15(11-22-23)18(24)21-10-8-16-6-3-4-9-20-16/h1-7,9,11,13H,8,10,12H2,(H,21,24). The molecule has 1 N–H and O–H groups in total. The maximum atomic E-state index is 12.2. The zero-order valence-electron chi connectivity index (χ0n) is 13.0. The minimum absolute atomic E-state index is 0.142. The number of hydrogen-bond donors (Lipinski definition) is 1. The van der Waals surface area contributed by atoms with E-state index in [1.165, 1.54) is 0 Å². The Hall–Kier alpha value is -2.66. The predicted molar refractivity (Wildman–Crippen MR) is 93.1 cm³/mol. The van der Waals surface area contributed by atoms with Gasteiger partial charge in [-0.05, 0) is 23.8 Å². The second-order valence-corrected chi connectivity index (χ2v) is 5.75. The molecule has 6 heteroatoms. The van der Waals surface area contributed by atoms with Gasteiger partial charge in [0.1, 0.15) is 0 Å². The summed E-state index contributed by atoms with van der Waals surface area (Å²) in [6, 6.07) is 13.3. The molecule has 1 aromatic carbocycles. The number of nitrogens with one attached hydrogen (secondary N) is 1. The Morgan fingerprint density at radius 3 is 2.79 bits per heavy atom. The van der Waals surface area contributed by atoms with E-state index in [1.54, 1.807) is 23.3 Å². The first-order valence-electron chi connectivity index (χ1n) is 7.66. The van der Waals surface area contributed by atoms with Crippen molar-refractivity contribution in [1.29, 1.82) is 0 Å². The number of benzene rings is 1. The van der Waals surface area contributed by atoms with Gasteiger partial charge in [-0.15, -0.1) is 0 Å². The van der Waals surface area contributed by atoms with Crippen LogP contribution in [0.5, 0.6) is 0 Å². The zero-order valence-corrected chi connectivity index (χ0v) is 13.8. The molecule has 0 saturated carbocycles. The smallest absolute Gasteiger partial charge is 0.254 e. The van der Waals surface area contributed by atoms with E-state index in [2.05, 4.69) is 15.4 Å². The number of pyridine rings is 1. The van der Waals surface area contributed by atoms with E-state index in [1.807, 2.05) is 42.5 Å². The number of amides is 1. The van der Waals surface area contributed by atoms with E-state index in [0.29, 0.717) is 30.1 Å². The van der Waals surface area contributed by atoms with Gasteiger partial charge in [0.15, 0.2) is 0 Å². The maximum absolute atomic E-state index is 12.2. The highest BCUT2D eigenvalue weighted by Crippen LogP contribution is 2.16. The van der Waals surface area contributed by atoms with Crippen LogP contribution in [0.4, 0.5) is 0 Å². The average molecular weight is 341 g/mol. The van der Waals surface area contributed by atoms with E-state index in [0.717, 1.165) is 11.3 Å². The van der Waals surface area contributed by atoms with Crippen LogP contribution in [0.15, 0.2) is 61.1 Å². The van der Waals surface area contributed by atoms with Crippen LogP contribution in [-0.4, -0.2) is 27.2 Å². The van der Waals surface area contributed by atoms with Crippen LogP contribution >= 0.6 is 11.6 Å². The number of nitrogens with zero attached hydrogens (tertiary/aromatic N) is 3. The third-order valence-electron chi connectivity index (χ3n) is 3.58. The average Bonchev–Trinajstić information content (AvgIpc) is 3.07. The third-order valence-corrected chi connectivity index (χ3v) is 3.95. The summed E-state index contributed by atoms with van der Waals surface area (Å²) in [6.07, 6.45) is 5.72. The lowest BCUT2D eigenvalue weighted by molar-refractivity contribution is 0.0954. The van der Waals surface area contributed by atoms with Crippen molar-refractivity contribution in [1.82, 2.24) is 20.1 Å². The molecular formula is C18H17ClN4O. The van der Waals surface area contributed by atoms with Gasteiger partial charge in [0.05, 0.1) is 18.3 Å². The number of halogens is 1. The number of aromatic nitrogens is 3. The molecule has 3 aromatic rings. The first-order chi connectivity index (χ1) is 11.7. The first-order valence-corrected chi connectivity index (χ1v) is 8.04. The summed E-state index contributed by atoms with van der Waals surface area (Å²) in [5.74, 6) is -0.142. The molecule has 5 nitrogen and oxygen atoms in total. The van der Waals surface area contributed by atoms with E-state index in [-0.39, 0.29) is 5.91 Å². The van der Waals surface area contributed by atoms with Crippen molar-refractivity contribution in [2.75, 3.05) is 6.54 Å². The Morgan fingerprint density at radius 1 is 1.17 bits per heavy atom. The lowest BCUT2D eigenvalue weighted by Crippen LogP contribution is -2.25. The van der Waals surface area contributed by atoms with Crippen molar-refractivity contribution < 1.29 is 4.79 Å². The summed E-state index contributed by atoms with van der Waals surface area (Å²) in [5, 5.41) is 7.79. The van der Waals surface area contributed by atoms with E-state index in [4.69, 9.17) is 11.6 Å². The SMILES string of the molecule is O=C(NCCc1ccccn1)c1cnn(Cc2ccccc2Cl)c1. The number of rotatable bonds is 6. The van der Waals surface area contributed by atoms with Gasteiger partial charge in [0, 0.05) is 36.1 Å². The van der Waals surface area contributed by atoms with Gasteiger partial charge < -0.3 is 5.32 Å². The Balaban J connectivity index is 1.55. The van der Waals surface area contributed by atoms with Crippen LogP contribution in [0.25, 0.3) is 0 Å². The monoisotopic (exact) mass is 340 g/mol. The van der Waals surface area contributed by atoms with Gasteiger partial charge in [-0.3, -0.25) is 14.5 Å². The maximum Gasteiger partial charge on any atom is 0.254 e. The molecule has 0 fully saturated rings. The van der Waals surface area contributed by atoms with Gasteiger partial charge in [0.2, 0.25) is 0 Å². The molecule has 0 saturated heterocycles. The van der Waals surface area contributed by atoms with Crippen molar-refractivity contribution in [3.63, 3.8) is 0 Å². The molecule has 0 atom stereocenters. The van der Waals surface area contributed by atoms with Crippen LogP contribution in [0.1, 0.15) is 21.6 Å². The van der Waals surface area contributed by atoms with Crippen LogP contribution < -0.4 is 5.32 Å². The molecule has 0 bridgehead atoms. The predicted octanol–water partition coefficient (Wildman–Crippen LogP) is 2.95. The van der Waals surface area contributed by atoms with Gasteiger partial charge in [-0.1, -0.05) is 35.9 Å². The van der Waals surface area contributed by atoms with Crippen molar-refractivity contribution in [2.24, 2.45) is 0 Å². The third kappa shape index (κ3) is 4.20. The van der Waals surface area contributed by atoms with Crippen LogP contribution in [0.3, 0.4) is 0 Å². The van der Waals surface area contributed by atoms with Crippen LogP contribution in [0, 0.1) is 0 Å². The normalized spacial score (nSPS) is 10.5. The Morgan fingerprint density at radius 2 is 2.00 bits per heavy atom. The van der Waals surface area contributed by atoms with E-state index >= 15 is 0 Å². The van der Waals surface area contributed by atoms with Crippen molar-refractivity contribution in [3.05, 3.63) is 82.9 Å². The fraction of sp³-hybridized carbons (Fsp3) is 0.167. The molecular weight excluding hydrogens is 324 g/mol. The Labute approximate surface area is 145 Å². The van der Waals surface area contributed by atoms with E-state index in [9.17, 15) is 4.79 Å². The van der Waals surface area contributed by atoms with Crippen molar-refractivity contribution in [2.45, 2.75) is 13.0 Å². The van der Waals surface area contributed by atoms with Gasteiger partial charge in [0.25, 0.3) is 5.91 Å². The second kappa shape index (κ2) is 7.75. The molecule has 2 heterocycles. The number of carbonyl (C=O) groups is 1. The minimum atomic E-state index is -0.142. The fourth-order valence-electron chi connectivity index (χ4n) is 2.32. The zero-order chi connectivity index (χ0) is 16.8. The number of hydrogen-bond acceptors (Lipinski definition) is 3. The highest BCUT2D eigenvalue weighted by Gasteiger charge is 2.09.